The molecule has 0 saturated heterocycles. The Morgan fingerprint density at radius 2 is 1.70 bits per heavy atom. The molecule has 0 aliphatic carbocycles. The molecule has 0 aliphatic heterocycles. The van der Waals surface area contributed by atoms with Gasteiger partial charge in [-0.1, -0.05) is 47.1 Å². The van der Waals surface area contributed by atoms with Crippen molar-refractivity contribution in [3.63, 3.8) is 0 Å². The van der Waals surface area contributed by atoms with Gasteiger partial charge >= 0.3 is 11.9 Å². The van der Waals surface area contributed by atoms with E-state index in [0.717, 1.165) is 5.56 Å². The summed E-state index contributed by atoms with van der Waals surface area (Å²) in [6.07, 6.45) is 0. The van der Waals surface area contributed by atoms with Crippen LogP contribution in [0.4, 0.5) is 0 Å². The van der Waals surface area contributed by atoms with Crippen molar-refractivity contribution in [1.29, 1.82) is 0 Å². The van der Waals surface area contributed by atoms with Gasteiger partial charge in [0.1, 0.15) is 5.52 Å². The summed E-state index contributed by atoms with van der Waals surface area (Å²) in [7, 11) is 0. The fourth-order valence-corrected chi connectivity index (χ4v) is 3.64. The third kappa shape index (κ3) is 3.27. The zero-order valence-corrected chi connectivity index (χ0v) is 17.1. The van der Waals surface area contributed by atoms with Crippen molar-refractivity contribution in [3.05, 3.63) is 64.8 Å². The lowest BCUT2D eigenvalue weighted by atomic mass is 9.94. The molecule has 0 unspecified atom stereocenters. The van der Waals surface area contributed by atoms with Crippen molar-refractivity contribution in [2.45, 2.75) is 13.8 Å². The first-order valence-corrected chi connectivity index (χ1v) is 9.84. The Labute approximate surface area is 177 Å². The minimum absolute atomic E-state index is 0.0473. The van der Waals surface area contributed by atoms with Gasteiger partial charge in [-0.25, -0.2) is 14.1 Å². The number of aromatic nitrogens is 3. The number of hydrogen-bond donors (Lipinski definition) is 0. The third-order valence-corrected chi connectivity index (χ3v) is 4.86. The zero-order valence-electron chi connectivity index (χ0n) is 16.4. The molecule has 0 radical (unpaired) electrons. The summed E-state index contributed by atoms with van der Waals surface area (Å²) in [6.45, 7) is 3.75. The maximum absolute atomic E-state index is 13.1. The fraction of sp³-hybridized carbons (Fsp3) is 0.182. The minimum atomic E-state index is -0.662. The normalized spacial score (nSPS) is 11.0. The predicted octanol–water partition coefficient (Wildman–Crippen LogP) is 4.56. The van der Waals surface area contributed by atoms with Crippen molar-refractivity contribution >= 4 is 40.0 Å². The highest BCUT2D eigenvalue weighted by Gasteiger charge is 2.29. The largest absolute Gasteiger partial charge is 0.462 e. The first-order chi connectivity index (χ1) is 14.6. The van der Waals surface area contributed by atoms with Gasteiger partial charge < -0.3 is 9.47 Å². The average molecular weight is 424 g/mol. The molecule has 0 saturated carbocycles. The lowest BCUT2D eigenvalue weighted by molar-refractivity contribution is 0.0521. The van der Waals surface area contributed by atoms with E-state index < -0.39 is 11.9 Å². The van der Waals surface area contributed by atoms with E-state index in [1.165, 1.54) is 4.52 Å². The maximum atomic E-state index is 13.1. The van der Waals surface area contributed by atoms with Crippen molar-refractivity contribution in [2.75, 3.05) is 13.2 Å². The number of carbonyl (C=O) groups is 2. The van der Waals surface area contributed by atoms with E-state index in [2.05, 4.69) is 10.3 Å². The Balaban J connectivity index is 2.22. The molecule has 2 heterocycles. The van der Waals surface area contributed by atoms with Crippen molar-refractivity contribution in [3.8, 4) is 11.1 Å². The number of pyridine rings is 1. The van der Waals surface area contributed by atoms with E-state index in [1.54, 1.807) is 32.0 Å². The van der Waals surface area contributed by atoms with Gasteiger partial charge in [-0.2, -0.15) is 0 Å². The lowest BCUT2D eigenvalue weighted by Gasteiger charge is -2.15. The number of carbonyl (C=O) groups excluding carboxylic acids is 2. The van der Waals surface area contributed by atoms with Gasteiger partial charge in [-0.15, -0.1) is 5.10 Å². The summed E-state index contributed by atoms with van der Waals surface area (Å²) in [5.41, 5.74) is 2.38. The number of halogens is 1. The van der Waals surface area contributed by atoms with E-state index >= 15 is 0 Å². The number of nitrogens with zero attached hydrogens (tertiary/aromatic N) is 3. The maximum Gasteiger partial charge on any atom is 0.361 e. The van der Waals surface area contributed by atoms with E-state index in [4.69, 9.17) is 21.1 Å². The summed E-state index contributed by atoms with van der Waals surface area (Å²) < 4.78 is 11.9. The highest BCUT2D eigenvalue weighted by molar-refractivity contribution is 6.31. The van der Waals surface area contributed by atoms with Gasteiger partial charge in [-0.3, -0.25) is 0 Å². The third-order valence-electron chi connectivity index (χ3n) is 4.62. The Hall–Kier alpha value is -3.45. The van der Waals surface area contributed by atoms with Crippen LogP contribution in [-0.4, -0.2) is 40.0 Å². The standard InChI is InChI=1S/C22H18ClN3O4/c1-3-29-21(27)18-17(13-8-6-5-7-9-13)15-12-14(23)10-11-16(15)26-20(18)19(24-25-26)22(28)30-4-2/h5-12H,3-4H2,1-2H3. The molecule has 2 aromatic carbocycles. The molecule has 0 N–H and O–H groups in total. The van der Waals surface area contributed by atoms with Gasteiger partial charge in [0.15, 0.2) is 5.69 Å². The molecule has 2 aromatic heterocycles. The van der Waals surface area contributed by atoms with Gasteiger partial charge in [0, 0.05) is 16.0 Å². The lowest BCUT2D eigenvalue weighted by Crippen LogP contribution is -2.13. The molecule has 4 rings (SSSR count). The van der Waals surface area contributed by atoms with E-state index in [0.29, 0.717) is 21.5 Å². The molecule has 4 aromatic rings. The SMILES string of the molecule is CCOC(=O)c1nnn2c1c(C(=O)OCC)c(-c1ccccc1)c1cc(Cl)ccc12. The van der Waals surface area contributed by atoms with E-state index in [1.807, 2.05) is 30.3 Å². The Kier molecular flexibility index (Phi) is 5.37. The second kappa shape index (κ2) is 8.12. The van der Waals surface area contributed by atoms with Crippen LogP contribution in [-0.2, 0) is 9.47 Å². The summed E-state index contributed by atoms with van der Waals surface area (Å²) >= 11 is 6.28. The van der Waals surface area contributed by atoms with Crippen LogP contribution in [0.5, 0.6) is 0 Å². The highest BCUT2D eigenvalue weighted by atomic mass is 35.5. The first kappa shape index (κ1) is 19.8. The van der Waals surface area contributed by atoms with Gasteiger partial charge in [0.25, 0.3) is 0 Å². The van der Waals surface area contributed by atoms with Crippen molar-refractivity contribution in [2.24, 2.45) is 0 Å². The summed E-state index contributed by atoms with van der Waals surface area (Å²) in [5.74, 6) is -1.25. The van der Waals surface area contributed by atoms with Crippen LogP contribution >= 0.6 is 11.6 Å². The minimum Gasteiger partial charge on any atom is -0.462 e. The molecular formula is C22H18ClN3O4. The molecule has 0 amide bonds. The molecule has 0 atom stereocenters. The fourth-order valence-electron chi connectivity index (χ4n) is 3.46. The summed E-state index contributed by atoms with van der Waals surface area (Å²) in [6, 6.07) is 14.6. The molecule has 8 heteroatoms. The average Bonchev–Trinajstić information content (AvgIpc) is 3.18. The summed E-state index contributed by atoms with van der Waals surface area (Å²) in [5, 5.41) is 9.34. The second-order valence-electron chi connectivity index (χ2n) is 6.42. The summed E-state index contributed by atoms with van der Waals surface area (Å²) in [4.78, 5) is 25.7. The molecule has 30 heavy (non-hydrogen) atoms. The topological polar surface area (TPSA) is 82.8 Å². The first-order valence-electron chi connectivity index (χ1n) is 9.47. The smallest absolute Gasteiger partial charge is 0.361 e. The Morgan fingerprint density at radius 1 is 1.00 bits per heavy atom. The van der Waals surface area contributed by atoms with Crippen LogP contribution in [0.25, 0.3) is 27.5 Å². The van der Waals surface area contributed by atoms with Gasteiger partial charge in [0.05, 0.1) is 24.3 Å². The Morgan fingerprint density at radius 3 is 2.40 bits per heavy atom. The molecule has 0 aliphatic rings. The molecule has 7 nitrogen and oxygen atoms in total. The van der Waals surface area contributed by atoms with Gasteiger partial charge in [-0.05, 0) is 37.6 Å². The molecule has 152 valence electrons. The molecule has 0 bridgehead atoms. The number of hydrogen-bond acceptors (Lipinski definition) is 6. The number of esters is 2. The van der Waals surface area contributed by atoms with Crippen LogP contribution in [0, 0.1) is 0 Å². The predicted molar refractivity (Wildman–Crippen MR) is 113 cm³/mol. The number of rotatable bonds is 5. The van der Waals surface area contributed by atoms with Crippen LogP contribution < -0.4 is 0 Å². The Bertz CT molecular complexity index is 1270. The van der Waals surface area contributed by atoms with Crippen LogP contribution in [0.3, 0.4) is 0 Å². The van der Waals surface area contributed by atoms with Crippen LogP contribution in [0.2, 0.25) is 5.02 Å². The zero-order chi connectivity index (χ0) is 21.3. The monoisotopic (exact) mass is 423 g/mol. The van der Waals surface area contributed by atoms with Gasteiger partial charge in [0.2, 0.25) is 0 Å². The van der Waals surface area contributed by atoms with E-state index in [-0.39, 0.29) is 30.0 Å². The molecule has 0 spiro atoms. The van der Waals surface area contributed by atoms with Crippen LogP contribution in [0.1, 0.15) is 34.7 Å². The second-order valence-corrected chi connectivity index (χ2v) is 6.85. The van der Waals surface area contributed by atoms with E-state index in [9.17, 15) is 9.59 Å². The number of fused-ring (bicyclic) bond motifs is 3. The van der Waals surface area contributed by atoms with Crippen molar-refractivity contribution < 1.29 is 19.1 Å². The number of ether oxygens (including phenoxy) is 2. The molecule has 0 fully saturated rings. The number of benzene rings is 2. The van der Waals surface area contributed by atoms with Crippen LogP contribution in [0.15, 0.2) is 48.5 Å². The highest BCUT2D eigenvalue weighted by Crippen LogP contribution is 2.37. The quantitative estimate of drug-likeness (QED) is 0.438. The van der Waals surface area contributed by atoms with Crippen molar-refractivity contribution in [1.82, 2.24) is 14.8 Å². The molecular weight excluding hydrogens is 406 g/mol.